The maximum absolute atomic E-state index is 8.73. The highest BCUT2D eigenvalue weighted by atomic mass is 16.5. The Morgan fingerprint density at radius 3 is 3.00 bits per heavy atom. The third kappa shape index (κ3) is 1.72. The minimum Gasteiger partial charge on any atom is -0.356 e. The highest BCUT2D eigenvalue weighted by Gasteiger charge is 2.12. The van der Waals surface area contributed by atoms with Gasteiger partial charge in [-0.1, -0.05) is 5.16 Å². The van der Waals surface area contributed by atoms with Crippen molar-refractivity contribution in [2.75, 3.05) is 0 Å². The third-order valence-corrected chi connectivity index (χ3v) is 2.26. The average Bonchev–Trinajstić information content (AvgIpc) is 3.08. The number of rotatable bonds is 2. The summed E-state index contributed by atoms with van der Waals surface area (Å²) in [6.45, 7) is 0. The predicted molar refractivity (Wildman–Crippen MR) is 59.8 cm³/mol. The van der Waals surface area contributed by atoms with Gasteiger partial charge in [0.2, 0.25) is 5.82 Å². The van der Waals surface area contributed by atoms with Gasteiger partial charge in [-0.25, -0.2) is 4.98 Å². The van der Waals surface area contributed by atoms with Crippen LogP contribution in [0.5, 0.6) is 0 Å². The molecule has 18 heavy (non-hydrogen) atoms. The molecule has 0 aliphatic rings. The summed E-state index contributed by atoms with van der Waals surface area (Å²) >= 11 is 0. The number of nitrogens with one attached hydrogen (secondary N) is 1. The van der Waals surface area contributed by atoms with Crippen LogP contribution in [0.1, 0.15) is 5.56 Å². The highest BCUT2D eigenvalue weighted by molar-refractivity contribution is 5.55. The molecule has 3 aromatic heterocycles. The molecular formula is C11H6N6O. The zero-order chi connectivity index (χ0) is 12.4. The fourth-order valence-electron chi connectivity index (χ4n) is 1.43. The summed E-state index contributed by atoms with van der Waals surface area (Å²) in [4.78, 5) is 15.1. The molecule has 0 bridgehead atoms. The van der Waals surface area contributed by atoms with E-state index in [-0.39, 0.29) is 0 Å². The number of hydrogen-bond donors (Lipinski definition) is 1. The van der Waals surface area contributed by atoms with E-state index in [0.717, 1.165) is 0 Å². The lowest BCUT2D eigenvalue weighted by atomic mass is 10.3. The molecule has 3 heterocycles. The van der Waals surface area contributed by atoms with Crippen LogP contribution in [-0.2, 0) is 0 Å². The summed E-state index contributed by atoms with van der Waals surface area (Å²) < 4.78 is 5.09. The lowest BCUT2D eigenvalue weighted by Gasteiger charge is -1.88. The van der Waals surface area contributed by atoms with Gasteiger partial charge in [0.25, 0.3) is 5.89 Å². The first-order valence-corrected chi connectivity index (χ1v) is 5.06. The number of nitrogens with zero attached hydrogens (tertiary/aromatic N) is 5. The SMILES string of the molecule is N#Cc1c[nH]c(-c2nc(-c3cnccn3)no2)c1. The van der Waals surface area contributed by atoms with Crippen LogP contribution in [0, 0.1) is 11.3 Å². The molecule has 3 aromatic rings. The summed E-state index contributed by atoms with van der Waals surface area (Å²) in [6.07, 6.45) is 6.23. The van der Waals surface area contributed by atoms with Crippen molar-refractivity contribution in [3.8, 4) is 29.2 Å². The Labute approximate surface area is 101 Å². The largest absolute Gasteiger partial charge is 0.356 e. The van der Waals surface area contributed by atoms with E-state index in [1.54, 1.807) is 30.9 Å². The van der Waals surface area contributed by atoms with Crippen molar-refractivity contribution in [1.29, 1.82) is 5.26 Å². The molecule has 0 fully saturated rings. The molecule has 86 valence electrons. The van der Waals surface area contributed by atoms with Gasteiger partial charge in [-0.3, -0.25) is 4.98 Å². The van der Waals surface area contributed by atoms with E-state index in [0.29, 0.717) is 28.7 Å². The predicted octanol–water partition coefficient (Wildman–Crippen LogP) is 1.39. The maximum Gasteiger partial charge on any atom is 0.274 e. The second-order valence-corrected chi connectivity index (χ2v) is 3.43. The number of hydrogen-bond acceptors (Lipinski definition) is 6. The molecule has 0 aliphatic carbocycles. The summed E-state index contributed by atoms with van der Waals surface area (Å²) in [7, 11) is 0. The van der Waals surface area contributed by atoms with Gasteiger partial charge in [-0.2, -0.15) is 10.2 Å². The first-order chi connectivity index (χ1) is 8.86. The second kappa shape index (κ2) is 4.10. The number of aromatic amines is 1. The van der Waals surface area contributed by atoms with Crippen molar-refractivity contribution in [2.45, 2.75) is 0 Å². The normalized spacial score (nSPS) is 10.2. The van der Waals surface area contributed by atoms with Gasteiger partial charge >= 0.3 is 0 Å². The molecule has 0 saturated carbocycles. The molecule has 0 aliphatic heterocycles. The van der Waals surface area contributed by atoms with Crippen LogP contribution in [0.4, 0.5) is 0 Å². The number of aromatic nitrogens is 5. The van der Waals surface area contributed by atoms with E-state index in [1.165, 1.54) is 0 Å². The molecule has 7 nitrogen and oxygen atoms in total. The lowest BCUT2D eigenvalue weighted by molar-refractivity contribution is 0.431. The van der Waals surface area contributed by atoms with Crippen LogP contribution < -0.4 is 0 Å². The van der Waals surface area contributed by atoms with Crippen LogP contribution >= 0.6 is 0 Å². The Morgan fingerprint density at radius 2 is 2.28 bits per heavy atom. The highest BCUT2D eigenvalue weighted by Crippen LogP contribution is 2.19. The van der Waals surface area contributed by atoms with Crippen molar-refractivity contribution in [3.05, 3.63) is 36.4 Å². The topological polar surface area (TPSA) is 104 Å². The van der Waals surface area contributed by atoms with Crippen molar-refractivity contribution >= 4 is 0 Å². The van der Waals surface area contributed by atoms with Crippen LogP contribution in [0.3, 0.4) is 0 Å². The fraction of sp³-hybridized carbons (Fsp3) is 0. The van der Waals surface area contributed by atoms with Crippen molar-refractivity contribution in [3.63, 3.8) is 0 Å². The Kier molecular flexibility index (Phi) is 2.32. The minimum absolute atomic E-state index is 0.303. The molecule has 0 saturated heterocycles. The smallest absolute Gasteiger partial charge is 0.274 e. The van der Waals surface area contributed by atoms with Crippen molar-refractivity contribution in [2.24, 2.45) is 0 Å². The van der Waals surface area contributed by atoms with Crippen LogP contribution in [-0.4, -0.2) is 25.1 Å². The van der Waals surface area contributed by atoms with Crippen LogP contribution in [0.2, 0.25) is 0 Å². The van der Waals surface area contributed by atoms with E-state index in [1.807, 2.05) is 6.07 Å². The van der Waals surface area contributed by atoms with Crippen molar-refractivity contribution < 1.29 is 4.52 Å². The minimum atomic E-state index is 0.303. The van der Waals surface area contributed by atoms with Crippen molar-refractivity contribution in [1.82, 2.24) is 25.1 Å². The van der Waals surface area contributed by atoms with E-state index >= 15 is 0 Å². The Bertz CT molecular complexity index is 708. The van der Waals surface area contributed by atoms with E-state index in [9.17, 15) is 0 Å². The Balaban J connectivity index is 1.97. The van der Waals surface area contributed by atoms with Crippen LogP contribution in [0.25, 0.3) is 23.1 Å². The molecule has 0 unspecified atom stereocenters. The summed E-state index contributed by atoms with van der Waals surface area (Å²) in [5, 5.41) is 12.5. The van der Waals surface area contributed by atoms with Gasteiger partial charge in [0.05, 0.1) is 11.8 Å². The molecule has 0 aromatic carbocycles. The van der Waals surface area contributed by atoms with E-state index < -0.39 is 0 Å². The first kappa shape index (κ1) is 10.2. The number of H-pyrrole nitrogens is 1. The fourth-order valence-corrected chi connectivity index (χ4v) is 1.43. The average molecular weight is 238 g/mol. The lowest BCUT2D eigenvalue weighted by Crippen LogP contribution is -1.86. The van der Waals surface area contributed by atoms with Gasteiger partial charge in [0, 0.05) is 18.6 Å². The van der Waals surface area contributed by atoms with E-state index in [2.05, 4.69) is 25.1 Å². The zero-order valence-electron chi connectivity index (χ0n) is 9.03. The zero-order valence-corrected chi connectivity index (χ0v) is 9.03. The molecule has 0 amide bonds. The van der Waals surface area contributed by atoms with Gasteiger partial charge in [-0.15, -0.1) is 0 Å². The first-order valence-electron chi connectivity index (χ1n) is 5.06. The van der Waals surface area contributed by atoms with Gasteiger partial charge in [0.1, 0.15) is 17.5 Å². The van der Waals surface area contributed by atoms with E-state index in [4.69, 9.17) is 9.78 Å². The second-order valence-electron chi connectivity index (χ2n) is 3.43. The molecule has 7 heteroatoms. The monoisotopic (exact) mass is 238 g/mol. The van der Waals surface area contributed by atoms with Gasteiger partial charge in [-0.05, 0) is 6.07 Å². The standard InChI is InChI=1S/C11H6N6O/c12-4-7-3-8(15-5-7)11-16-10(17-18-11)9-6-13-1-2-14-9/h1-3,5-6,15H. The summed E-state index contributed by atoms with van der Waals surface area (Å²) in [6, 6.07) is 3.65. The Hall–Kier alpha value is -3.01. The molecule has 1 N–H and O–H groups in total. The van der Waals surface area contributed by atoms with Crippen LogP contribution in [0.15, 0.2) is 35.4 Å². The number of nitriles is 1. The quantitative estimate of drug-likeness (QED) is 0.723. The van der Waals surface area contributed by atoms with Gasteiger partial charge in [0.15, 0.2) is 0 Å². The molecular weight excluding hydrogens is 232 g/mol. The molecule has 0 spiro atoms. The molecule has 3 rings (SSSR count). The summed E-state index contributed by atoms with van der Waals surface area (Å²) in [5.41, 5.74) is 1.62. The Morgan fingerprint density at radius 1 is 1.33 bits per heavy atom. The molecule has 0 atom stereocenters. The molecule has 0 radical (unpaired) electrons. The third-order valence-electron chi connectivity index (χ3n) is 2.26. The summed E-state index contributed by atoms with van der Waals surface area (Å²) in [5.74, 6) is 0.656. The maximum atomic E-state index is 8.73. The van der Waals surface area contributed by atoms with Gasteiger partial charge < -0.3 is 9.51 Å².